The van der Waals surface area contributed by atoms with Crippen molar-refractivity contribution in [3.8, 4) is 11.4 Å². The number of ether oxygens (including phenoxy) is 1. The van der Waals surface area contributed by atoms with Crippen LogP contribution in [0.3, 0.4) is 0 Å². The Morgan fingerprint density at radius 3 is 2.45 bits per heavy atom. The summed E-state index contributed by atoms with van der Waals surface area (Å²) in [6, 6.07) is 16.8. The van der Waals surface area contributed by atoms with Crippen molar-refractivity contribution in [2.75, 3.05) is 48.7 Å². The first-order chi connectivity index (χ1) is 22.6. The Balaban J connectivity index is 1.33. The third-order valence-electron chi connectivity index (χ3n) is 7.69. The van der Waals surface area contributed by atoms with Crippen LogP contribution in [-0.2, 0) is 9.63 Å². The van der Waals surface area contributed by atoms with Gasteiger partial charge in [0.15, 0.2) is 0 Å². The van der Waals surface area contributed by atoms with Crippen LogP contribution in [0, 0.1) is 5.21 Å². The molecule has 16 heteroatoms. The van der Waals surface area contributed by atoms with E-state index in [9.17, 15) is 20.0 Å². The number of methoxy groups -OCH3 is 1. The number of nitrogens with one attached hydrogen (secondary N) is 1. The molecule has 0 aliphatic carbocycles. The molecule has 1 aliphatic rings. The first-order valence-electron chi connectivity index (χ1n) is 14.3. The number of rotatable bonds is 10. The van der Waals surface area contributed by atoms with E-state index in [4.69, 9.17) is 27.1 Å². The van der Waals surface area contributed by atoms with Gasteiger partial charge in [-0.3, -0.25) is 14.8 Å². The standard InChI is InChI=1S/C31H31ClIN8O6/c1-19(47-34)28(29(33)22-5-3-4-6-27(22)46-2)31(43)39-13-11-38(12-14-39)25-16-24(26(41(44)45)15-23(25)32)37-30(42)20-7-9-21(10-8-20)40-18-35-17-36-40/h3-10,15-18,29,44H,11-14,34H2,1-2H3,(H,37,42)/q-1/b28-19+. The molecule has 1 saturated heterocycles. The van der Waals surface area contributed by atoms with E-state index in [1.54, 1.807) is 47.9 Å². The highest BCUT2D eigenvalue weighted by Crippen LogP contribution is 2.40. The van der Waals surface area contributed by atoms with Gasteiger partial charge in [0.2, 0.25) is 0 Å². The van der Waals surface area contributed by atoms with Crippen molar-refractivity contribution in [1.29, 1.82) is 0 Å². The molecule has 0 bridgehead atoms. The number of carbonyl (C=O) groups excluding carboxylic acids is 2. The van der Waals surface area contributed by atoms with Gasteiger partial charge in [-0.15, -0.1) is 0 Å². The fraction of sp³-hybridized carbons (Fsp3) is 0.226. The average molecular weight is 774 g/mol. The van der Waals surface area contributed by atoms with Crippen LogP contribution < -0.4 is 26.1 Å². The van der Waals surface area contributed by atoms with Crippen LogP contribution in [0.5, 0.6) is 5.75 Å². The SMILES string of the molecule is COc1ccccc1C(I)/C(C(=O)N1CCN(c2cc(NC(=O)c3ccc(-n4cncn4)cc3)c(N([O-])O)cc2Cl)CC1)=C(/C)ON. The van der Waals surface area contributed by atoms with Crippen molar-refractivity contribution in [1.82, 2.24) is 19.7 Å². The number of alkyl halides is 1. The molecule has 1 atom stereocenters. The highest BCUT2D eigenvalue weighted by Gasteiger charge is 2.32. The van der Waals surface area contributed by atoms with Crippen LogP contribution in [0.25, 0.3) is 5.69 Å². The van der Waals surface area contributed by atoms with E-state index in [2.05, 4.69) is 38.0 Å². The molecule has 5 rings (SSSR count). The maximum Gasteiger partial charge on any atom is 0.255 e. The number of anilines is 3. The summed E-state index contributed by atoms with van der Waals surface area (Å²) < 4.78 is 6.66. The number of aromatic nitrogens is 3. The lowest BCUT2D eigenvalue weighted by Gasteiger charge is -2.38. The summed E-state index contributed by atoms with van der Waals surface area (Å²) in [5.74, 6) is 5.71. The van der Waals surface area contributed by atoms with Crippen LogP contribution in [0.2, 0.25) is 5.02 Å². The minimum absolute atomic E-state index is 0.0521. The van der Waals surface area contributed by atoms with Crippen LogP contribution in [0.1, 0.15) is 26.8 Å². The summed E-state index contributed by atoms with van der Waals surface area (Å²) in [6.45, 7) is 3.09. The van der Waals surface area contributed by atoms with Crippen molar-refractivity contribution < 1.29 is 24.4 Å². The number of para-hydroxylation sites is 1. The Bertz CT molecular complexity index is 1760. The summed E-state index contributed by atoms with van der Waals surface area (Å²) in [6.07, 6.45) is 2.93. The van der Waals surface area contributed by atoms with Gasteiger partial charge in [-0.1, -0.05) is 52.4 Å². The van der Waals surface area contributed by atoms with Crippen LogP contribution in [0.4, 0.5) is 17.1 Å². The first kappa shape index (κ1) is 33.9. The number of hydrogen-bond acceptors (Lipinski definition) is 11. The molecule has 14 nitrogen and oxygen atoms in total. The van der Waals surface area contributed by atoms with Gasteiger partial charge in [-0.05, 0) is 49.4 Å². The smallest absolute Gasteiger partial charge is 0.255 e. The molecule has 2 heterocycles. The van der Waals surface area contributed by atoms with E-state index in [0.29, 0.717) is 60.2 Å². The van der Waals surface area contributed by atoms with Crippen LogP contribution >= 0.6 is 34.2 Å². The number of carbonyl (C=O) groups is 2. The van der Waals surface area contributed by atoms with E-state index in [1.165, 1.54) is 24.8 Å². The maximum absolute atomic E-state index is 13.9. The second-order valence-electron chi connectivity index (χ2n) is 10.4. The van der Waals surface area contributed by atoms with Crippen molar-refractivity contribution in [2.45, 2.75) is 10.8 Å². The molecule has 1 aliphatic heterocycles. The zero-order valence-corrected chi connectivity index (χ0v) is 28.3. The number of nitrogens with two attached hydrogens (primary N) is 1. The van der Waals surface area contributed by atoms with E-state index in [1.807, 2.05) is 29.2 Å². The topological polar surface area (TPSA) is 174 Å². The minimum Gasteiger partial charge on any atom is -0.733 e. The van der Waals surface area contributed by atoms with E-state index >= 15 is 0 Å². The average Bonchev–Trinajstić information content (AvgIpc) is 3.64. The normalized spacial score (nSPS) is 14.3. The van der Waals surface area contributed by atoms with Gasteiger partial charge in [0.1, 0.15) is 24.2 Å². The molecule has 0 radical (unpaired) electrons. The summed E-state index contributed by atoms with van der Waals surface area (Å²) >= 11 is 8.75. The highest BCUT2D eigenvalue weighted by atomic mass is 127. The van der Waals surface area contributed by atoms with Gasteiger partial charge in [-0.25, -0.2) is 9.67 Å². The minimum atomic E-state index is -0.512. The summed E-state index contributed by atoms with van der Waals surface area (Å²) in [7, 11) is 1.57. The molecule has 4 aromatic rings. The Hall–Kier alpha value is -4.42. The number of piperazine rings is 1. The number of hydrogen-bond donors (Lipinski definition) is 3. The molecule has 2 amide bonds. The molecule has 3 aromatic carbocycles. The van der Waals surface area contributed by atoms with E-state index < -0.39 is 9.83 Å². The molecular formula is C31H31ClIN8O6-. The fourth-order valence-electron chi connectivity index (χ4n) is 5.21. The molecule has 47 heavy (non-hydrogen) atoms. The molecule has 1 unspecified atom stereocenters. The van der Waals surface area contributed by atoms with Gasteiger partial charge < -0.3 is 35.1 Å². The third-order valence-corrected chi connectivity index (χ3v) is 9.29. The van der Waals surface area contributed by atoms with E-state index in [0.717, 1.165) is 5.56 Å². The van der Waals surface area contributed by atoms with Gasteiger partial charge in [0.25, 0.3) is 11.8 Å². The quantitative estimate of drug-likeness (QED) is 0.0660. The van der Waals surface area contributed by atoms with Crippen LogP contribution in [-0.4, -0.2) is 70.0 Å². The Morgan fingerprint density at radius 1 is 1.13 bits per heavy atom. The van der Waals surface area contributed by atoms with Crippen molar-refractivity contribution in [2.24, 2.45) is 5.90 Å². The zero-order chi connectivity index (χ0) is 33.7. The van der Waals surface area contributed by atoms with Gasteiger partial charge in [-0.2, -0.15) is 11.0 Å². The highest BCUT2D eigenvalue weighted by molar-refractivity contribution is 14.1. The number of benzene rings is 3. The van der Waals surface area contributed by atoms with Gasteiger partial charge in [0, 0.05) is 37.3 Å². The molecule has 1 fully saturated rings. The zero-order valence-electron chi connectivity index (χ0n) is 25.3. The number of amides is 2. The predicted molar refractivity (Wildman–Crippen MR) is 185 cm³/mol. The van der Waals surface area contributed by atoms with Crippen molar-refractivity contribution >= 4 is 63.1 Å². The molecule has 1 aromatic heterocycles. The molecular weight excluding hydrogens is 743 g/mol. The lowest BCUT2D eigenvalue weighted by molar-refractivity contribution is -0.127. The van der Waals surface area contributed by atoms with Gasteiger partial charge in [0.05, 0.1) is 44.4 Å². The van der Waals surface area contributed by atoms with E-state index in [-0.39, 0.29) is 27.5 Å². The fourth-order valence-corrected chi connectivity index (χ4v) is 6.70. The number of halogens is 2. The Kier molecular flexibility index (Phi) is 10.8. The number of allylic oxidation sites excluding steroid dienone is 1. The van der Waals surface area contributed by atoms with Gasteiger partial charge >= 0.3 is 0 Å². The molecule has 246 valence electrons. The van der Waals surface area contributed by atoms with Crippen LogP contribution in [0.15, 0.2) is 84.7 Å². The largest absolute Gasteiger partial charge is 0.733 e. The lowest BCUT2D eigenvalue weighted by Crippen LogP contribution is -2.49. The second-order valence-corrected chi connectivity index (χ2v) is 12.1. The lowest BCUT2D eigenvalue weighted by atomic mass is 10.0. The first-order valence-corrected chi connectivity index (χ1v) is 15.9. The molecule has 0 saturated carbocycles. The summed E-state index contributed by atoms with van der Waals surface area (Å²) in [4.78, 5) is 39.6. The maximum atomic E-state index is 13.9. The summed E-state index contributed by atoms with van der Waals surface area (Å²) in [5.41, 5.74) is 2.53. The van der Waals surface area contributed by atoms with Crippen molar-refractivity contribution in [3.63, 3.8) is 0 Å². The monoisotopic (exact) mass is 773 g/mol. The number of nitrogens with zero attached hydrogens (tertiary/aromatic N) is 6. The molecule has 4 N–H and O–H groups in total. The second kappa shape index (κ2) is 15.0. The Morgan fingerprint density at radius 2 is 1.83 bits per heavy atom. The predicted octanol–water partition coefficient (Wildman–Crippen LogP) is 4.86. The third kappa shape index (κ3) is 7.44. The Labute approximate surface area is 288 Å². The summed E-state index contributed by atoms with van der Waals surface area (Å²) in [5, 5.41) is 28.4. The molecule has 0 spiro atoms. The van der Waals surface area contributed by atoms with Crippen molar-refractivity contribution in [3.05, 3.63) is 106 Å².